The largest absolute Gasteiger partial charge is 0.490 e. The molecule has 0 amide bonds. The lowest BCUT2D eigenvalue weighted by molar-refractivity contribution is 0.183. The Morgan fingerprint density at radius 3 is 2.89 bits per heavy atom. The molecule has 1 aliphatic rings. The highest BCUT2D eigenvalue weighted by atomic mass is 16.5. The van der Waals surface area contributed by atoms with Crippen LogP contribution in [-0.2, 0) is 4.74 Å². The van der Waals surface area contributed by atoms with E-state index in [9.17, 15) is 0 Å². The monoisotopic (exact) mass is 263 g/mol. The van der Waals surface area contributed by atoms with Gasteiger partial charge in [0.1, 0.15) is 5.75 Å². The van der Waals surface area contributed by atoms with Crippen molar-refractivity contribution in [1.29, 1.82) is 0 Å². The van der Waals surface area contributed by atoms with Crippen molar-refractivity contribution in [2.45, 2.75) is 44.8 Å². The van der Waals surface area contributed by atoms with Gasteiger partial charge >= 0.3 is 0 Å². The molecule has 1 aliphatic carbocycles. The Hall–Kier alpha value is -1.06. The summed E-state index contributed by atoms with van der Waals surface area (Å²) < 4.78 is 11.1. The minimum Gasteiger partial charge on any atom is -0.490 e. The Labute approximate surface area is 116 Å². The molecule has 0 aliphatic heterocycles. The highest BCUT2D eigenvalue weighted by molar-refractivity contribution is 5.31. The molecule has 0 bridgehead atoms. The minimum atomic E-state index is 0.350. The average molecular weight is 263 g/mol. The van der Waals surface area contributed by atoms with E-state index in [1.165, 1.54) is 18.4 Å². The van der Waals surface area contributed by atoms with Gasteiger partial charge < -0.3 is 14.8 Å². The number of hydrogen-bond acceptors (Lipinski definition) is 3. The minimum absolute atomic E-state index is 0.350. The fourth-order valence-corrected chi connectivity index (χ4v) is 2.12. The zero-order valence-corrected chi connectivity index (χ0v) is 12.0. The van der Waals surface area contributed by atoms with Gasteiger partial charge in [-0.2, -0.15) is 0 Å². The van der Waals surface area contributed by atoms with E-state index in [1.807, 2.05) is 0 Å². The maximum absolute atomic E-state index is 5.87. The maximum atomic E-state index is 5.87. The molecule has 1 aromatic rings. The molecule has 0 radical (unpaired) electrons. The second-order valence-corrected chi connectivity index (χ2v) is 5.18. The van der Waals surface area contributed by atoms with Gasteiger partial charge in [-0.05, 0) is 49.9 Å². The fourth-order valence-electron chi connectivity index (χ4n) is 2.12. The van der Waals surface area contributed by atoms with E-state index in [4.69, 9.17) is 9.47 Å². The summed E-state index contributed by atoms with van der Waals surface area (Å²) >= 11 is 0. The molecule has 1 unspecified atom stereocenters. The van der Waals surface area contributed by atoms with Gasteiger partial charge in [0.25, 0.3) is 0 Å². The van der Waals surface area contributed by atoms with Gasteiger partial charge in [0.05, 0.1) is 6.10 Å². The number of rotatable bonds is 9. The molecule has 0 aromatic heterocycles. The first kappa shape index (κ1) is 14.4. The van der Waals surface area contributed by atoms with Crippen LogP contribution in [-0.4, -0.2) is 26.4 Å². The van der Waals surface area contributed by atoms with Crippen LogP contribution in [0.4, 0.5) is 0 Å². The summed E-state index contributed by atoms with van der Waals surface area (Å²) in [5.74, 6) is 1.00. The van der Waals surface area contributed by atoms with Gasteiger partial charge in [-0.3, -0.25) is 0 Å². The Morgan fingerprint density at radius 1 is 1.37 bits per heavy atom. The number of ether oxygens (including phenoxy) is 2. The second kappa shape index (κ2) is 7.51. The van der Waals surface area contributed by atoms with Crippen LogP contribution in [0.1, 0.15) is 44.2 Å². The predicted molar refractivity (Wildman–Crippen MR) is 77.6 cm³/mol. The van der Waals surface area contributed by atoms with Gasteiger partial charge in [-0.15, -0.1) is 0 Å². The Balaban J connectivity index is 2.00. The third kappa shape index (κ3) is 4.84. The summed E-state index contributed by atoms with van der Waals surface area (Å²) in [7, 11) is 1.75. The van der Waals surface area contributed by atoms with Crippen molar-refractivity contribution in [2.75, 3.05) is 20.3 Å². The summed E-state index contributed by atoms with van der Waals surface area (Å²) in [6, 6.07) is 8.82. The van der Waals surface area contributed by atoms with Crippen molar-refractivity contribution >= 4 is 0 Å². The molecule has 1 fully saturated rings. The van der Waals surface area contributed by atoms with Crippen molar-refractivity contribution in [3.8, 4) is 5.75 Å². The molecule has 1 atom stereocenters. The third-order valence-corrected chi connectivity index (χ3v) is 3.34. The molecule has 2 rings (SSSR count). The summed E-state index contributed by atoms with van der Waals surface area (Å²) in [5, 5.41) is 3.58. The Bertz CT molecular complexity index is 369. The zero-order chi connectivity index (χ0) is 13.5. The highest BCUT2D eigenvalue weighted by Crippen LogP contribution is 2.28. The summed E-state index contributed by atoms with van der Waals surface area (Å²) in [5.41, 5.74) is 1.30. The molecular weight excluding hydrogens is 238 g/mol. The van der Waals surface area contributed by atoms with Crippen molar-refractivity contribution in [3.05, 3.63) is 29.8 Å². The highest BCUT2D eigenvalue weighted by Gasteiger charge is 2.23. The lowest BCUT2D eigenvalue weighted by atomic mass is 10.0. The van der Waals surface area contributed by atoms with E-state index < -0.39 is 0 Å². The van der Waals surface area contributed by atoms with Gasteiger partial charge in [0.2, 0.25) is 0 Å². The summed E-state index contributed by atoms with van der Waals surface area (Å²) in [4.78, 5) is 0. The Kier molecular flexibility index (Phi) is 5.67. The van der Waals surface area contributed by atoms with E-state index in [1.54, 1.807) is 7.11 Å². The smallest absolute Gasteiger partial charge is 0.120 e. The lowest BCUT2D eigenvalue weighted by Gasteiger charge is -2.19. The van der Waals surface area contributed by atoms with Crippen LogP contribution in [0.2, 0.25) is 0 Å². The van der Waals surface area contributed by atoms with E-state index >= 15 is 0 Å². The average Bonchev–Trinajstić information content (AvgIpc) is 3.23. The topological polar surface area (TPSA) is 30.5 Å². The second-order valence-electron chi connectivity index (χ2n) is 5.18. The molecule has 3 nitrogen and oxygen atoms in total. The molecule has 19 heavy (non-hydrogen) atoms. The first-order valence-electron chi connectivity index (χ1n) is 7.32. The first-order valence-corrected chi connectivity index (χ1v) is 7.32. The molecule has 1 saturated carbocycles. The molecule has 3 heteroatoms. The van der Waals surface area contributed by atoms with Crippen molar-refractivity contribution in [3.63, 3.8) is 0 Å². The SMILES string of the molecule is CCCNC(CCOC)c1cccc(OC2CC2)c1. The van der Waals surface area contributed by atoms with Crippen LogP contribution in [0, 0.1) is 0 Å². The predicted octanol–water partition coefficient (Wildman–Crippen LogP) is 3.31. The quantitative estimate of drug-likeness (QED) is 0.741. The normalized spacial score (nSPS) is 16.3. The maximum Gasteiger partial charge on any atom is 0.120 e. The first-order chi connectivity index (χ1) is 9.33. The standard InChI is InChI=1S/C16H25NO2/c1-3-10-17-16(9-11-18-2)13-5-4-6-15(12-13)19-14-7-8-14/h4-6,12,14,16-17H,3,7-11H2,1-2H3. The number of hydrogen-bond donors (Lipinski definition) is 1. The summed E-state index contributed by atoms with van der Waals surface area (Å²) in [6.45, 7) is 3.99. The molecule has 0 saturated heterocycles. The van der Waals surface area contributed by atoms with Gasteiger partial charge in [0.15, 0.2) is 0 Å². The van der Waals surface area contributed by atoms with Crippen LogP contribution in [0.15, 0.2) is 24.3 Å². The number of benzene rings is 1. The molecule has 0 heterocycles. The van der Waals surface area contributed by atoms with Crippen LogP contribution in [0.3, 0.4) is 0 Å². The molecular formula is C16H25NO2. The van der Waals surface area contributed by atoms with Crippen molar-refractivity contribution in [2.24, 2.45) is 0 Å². The van der Waals surface area contributed by atoms with Crippen LogP contribution in [0.25, 0.3) is 0 Å². The lowest BCUT2D eigenvalue weighted by Crippen LogP contribution is -2.23. The molecule has 1 aromatic carbocycles. The van der Waals surface area contributed by atoms with E-state index in [0.29, 0.717) is 12.1 Å². The van der Waals surface area contributed by atoms with E-state index in [-0.39, 0.29) is 0 Å². The number of methoxy groups -OCH3 is 1. The molecule has 106 valence electrons. The molecule has 0 spiro atoms. The van der Waals surface area contributed by atoms with Gasteiger partial charge in [-0.25, -0.2) is 0 Å². The fraction of sp³-hybridized carbons (Fsp3) is 0.625. The number of nitrogens with one attached hydrogen (secondary N) is 1. The van der Waals surface area contributed by atoms with Crippen LogP contribution < -0.4 is 10.1 Å². The Morgan fingerprint density at radius 2 is 2.21 bits per heavy atom. The van der Waals surface area contributed by atoms with Crippen LogP contribution in [0.5, 0.6) is 5.75 Å². The molecule has 1 N–H and O–H groups in total. The van der Waals surface area contributed by atoms with E-state index in [0.717, 1.165) is 31.7 Å². The zero-order valence-electron chi connectivity index (χ0n) is 12.0. The van der Waals surface area contributed by atoms with E-state index in [2.05, 4.69) is 36.5 Å². The van der Waals surface area contributed by atoms with Crippen LogP contribution >= 0.6 is 0 Å². The third-order valence-electron chi connectivity index (χ3n) is 3.34. The van der Waals surface area contributed by atoms with Crippen molar-refractivity contribution in [1.82, 2.24) is 5.32 Å². The van der Waals surface area contributed by atoms with Crippen molar-refractivity contribution < 1.29 is 9.47 Å². The van der Waals surface area contributed by atoms with Gasteiger partial charge in [0, 0.05) is 19.8 Å². The van der Waals surface area contributed by atoms with Gasteiger partial charge in [-0.1, -0.05) is 19.1 Å². The summed E-state index contributed by atoms with van der Waals surface area (Å²) in [6.07, 6.45) is 4.98.